The summed E-state index contributed by atoms with van der Waals surface area (Å²) in [5.74, 6) is -5.69. The number of fused-ring (bicyclic) bond motifs is 1. The van der Waals surface area contributed by atoms with Gasteiger partial charge in [0, 0.05) is 24.7 Å². The molecule has 3 rings (SSSR count). The van der Waals surface area contributed by atoms with Crippen LogP contribution in [0.5, 0.6) is 0 Å². The van der Waals surface area contributed by atoms with Gasteiger partial charge >= 0.3 is 5.97 Å². The predicted molar refractivity (Wildman–Crippen MR) is 120 cm³/mol. The van der Waals surface area contributed by atoms with Crippen LogP contribution in [0.3, 0.4) is 0 Å². The number of rotatable bonds is 9. The van der Waals surface area contributed by atoms with E-state index in [1.165, 1.54) is 18.3 Å². The van der Waals surface area contributed by atoms with E-state index in [4.69, 9.17) is 22.3 Å². The molecule has 3 aromatic rings. The van der Waals surface area contributed by atoms with Crippen LogP contribution in [0.2, 0.25) is 0 Å². The van der Waals surface area contributed by atoms with E-state index in [2.05, 4.69) is 25.3 Å². The molecule has 0 aliphatic carbocycles. The van der Waals surface area contributed by atoms with Crippen molar-refractivity contribution >= 4 is 40.5 Å². The Bertz CT molecular complexity index is 1210. The number of halogens is 2. The van der Waals surface area contributed by atoms with Gasteiger partial charge in [0.05, 0.1) is 25.0 Å². The summed E-state index contributed by atoms with van der Waals surface area (Å²) in [5.41, 5.74) is 18.3. The molecule has 0 saturated heterocycles. The summed E-state index contributed by atoms with van der Waals surface area (Å²) < 4.78 is 27.0. The summed E-state index contributed by atoms with van der Waals surface area (Å²) in [6, 6.07) is 4.34. The van der Waals surface area contributed by atoms with Gasteiger partial charge in [-0.2, -0.15) is 9.97 Å². The van der Waals surface area contributed by atoms with Gasteiger partial charge in [0.25, 0.3) is 11.8 Å². The van der Waals surface area contributed by atoms with Crippen LogP contribution in [0, 0.1) is 0 Å². The summed E-state index contributed by atoms with van der Waals surface area (Å²) in [6.07, 6.45) is 0.413. The number of benzene rings is 1. The number of aliphatic carboxylic acids is 1. The average Bonchev–Trinajstić information content (AvgIpc) is 2.78. The van der Waals surface area contributed by atoms with Crippen LogP contribution < -0.4 is 27.4 Å². The lowest BCUT2D eigenvalue weighted by Gasteiger charge is -2.21. The van der Waals surface area contributed by atoms with Crippen LogP contribution in [-0.2, 0) is 11.3 Å². The van der Waals surface area contributed by atoms with Gasteiger partial charge in [0.2, 0.25) is 5.95 Å². The standard InChI is InChI=1S/C20H23F2N9O3/c1-31(8-11-7-26-16-14(27-11)15(24)29-19(25)30-16)12-4-2-10(3-5-12)17(32)28-13(18(33)34)6-20(21,22)9-23/h2-5,7,13H,6,8-9,23H2,1H3,(H,28,32)(H,33,34)(H4,24,25,26,29,30)/t13-/m0/s1. The van der Waals surface area contributed by atoms with Crippen LogP contribution >= 0.6 is 0 Å². The Labute approximate surface area is 192 Å². The highest BCUT2D eigenvalue weighted by molar-refractivity contribution is 5.96. The number of hydrogen-bond acceptors (Lipinski definition) is 10. The first-order valence-corrected chi connectivity index (χ1v) is 9.96. The number of carboxylic acid groups (broad SMARTS) is 1. The second kappa shape index (κ2) is 9.74. The summed E-state index contributed by atoms with van der Waals surface area (Å²) in [4.78, 5) is 41.9. The number of carbonyl (C=O) groups is 2. The van der Waals surface area contributed by atoms with Gasteiger partial charge < -0.3 is 32.5 Å². The molecular formula is C20H23F2N9O3. The fraction of sp³-hybridized carbons (Fsp3) is 0.300. The number of alkyl halides is 2. The molecule has 0 unspecified atom stereocenters. The molecule has 0 radical (unpaired) electrons. The van der Waals surface area contributed by atoms with Crippen molar-refractivity contribution in [1.29, 1.82) is 0 Å². The lowest BCUT2D eigenvalue weighted by molar-refractivity contribution is -0.141. The number of anilines is 3. The van der Waals surface area contributed by atoms with Crippen LogP contribution in [-0.4, -0.2) is 62.5 Å². The molecule has 0 bridgehead atoms. The van der Waals surface area contributed by atoms with Crippen molar-refractivity contribution in [2.45, 2.75) is 24.9 Å². The summed E-state index contributed by atoms with van der Waals surface area (Å²) in [7, 11) is 1.78. The number of nitrogen functional groups attached to an aromatic ring is 2. The fourth-order valence-corrected chi connectivity index (χ4v) is 3.08. The molecular weight excluding hydrogens is 452 g/mol. The smallest absolute Gasteiger partial charge is 0.326 e. The first-order chi connectivity index (χ1) is 16.0. The molecule has 12 nitrogen and oxygen atoms in total. The van der Waals surface area contributed by atoms with Gasteiger partial charge in [-0.3, -0.25) is 4.79 Å². The van der Waals surface area contributed by atoms with Gasteiger partial charge in [-0.25, -0.2) is 23.5 Å². The maximum absolute atomic E-state index is 13.5. The zero-order valence-electron chi connectivity index (χ0n) is 18.1. The van der Waals surface area contributed by atoms with Gasteiger partial charge in [-0.15, -0.1) is 0 Å². The van der Waals surface area contributed by atoms with E-state index >= 15 is 0 Å². The summed E-state index contributed by atoms with van der Waals surface area (Å²) in [5, 5.41) is 11.3. The molecule has 2 heterocycles. The zero-order chi connectivity index (χ0) is 25.0. The van der Waals surface area contributed by atoms with E-state index in [1.807, 2.05) is 4.90 Å². The highest BCUT2D eigenvalue weighted by Crippen LogP contribution is 2.21. The molecule has 14 heteroatoms. The molecule has 0 saturated carbocycles. The number of nitrogens with zero attached hydrogens (tertiary/aromatic N) is 5. The maximum atomic E-state index is 13.5. The Morgan fingerprint density at radius 2 is 1.85 bits per heavy atom. The van der Waals surface area contributed by atoms with E-state index in [0.29, 0.717) is 23.4 Å². The topological polar surface area (TPSA) is 199 Å². The Balaban J connectivity index is 1.69. The maximum Gasteiger partial charge on any atom is 0.326 e. The second-order valence-corrected chi connectivity index (χ2v) is 7.53. The third-order valence-electron chi connectivity index (χ3n) is 4.88. The molecule has 2 aromatic heterocycles. The highest BCUT2D eigenvalue weighted by Gasteiger charge is 2.35. The number of nitrogens with two attached hydrogens (primary N) is 3. The number of carbonyl (C=O) groups excluding carboxylic acids is 1. The zero-order valence-corrected chi connectivity index (χ0v) is 18.1. The number of nitrogens with one attached hydrogen (secondary N) is 1. The van der Waals surface area contributed by atoms with E-state index < -0.39 is 36.8 Å². The van der Waals surface area contributed by atoms with Gasteiger partial charge in [-0.1, -0.05) is 0 Å². The monoisotopic (exact) mass is 475 g/mol. The third kappa shape index (κ3) is 5.78. The summed E-state index contributed by atoms with van der Waals surface area (Å²) in [6.45, 7) is -0.698. The van der Waals surface area contributed by atoms with Crippen molar-refractivity contribution in [3.63, 3.8) is 0 Å². The molecule has 0 aliphatic heterocycles. The van der Waals surface area contributed by atoms with Crippen molar-refractivity contribution in [2.24, 2.45) is 5.73 Å². The molecule has 8 N–H and O–H groups in total. The largest absolute Gasteiger partial charge is 0.480 e. The minimum absolute atomic E-state index is 0.00365. The van der Waals surface area contributed by atoms with E-state index in [-0.39, 0.29) is 23.0 Å². The number of carboxylic acids is 1. The Kier molecular flexibility index (Phi) is 7.00. The molecule has 1 aromatic carbocycles. The summed E-state index contributed by atoms with van der Waals surface area (Å²) >= 11 is 0. The lowest BCUT2D eigenvalue weighted by Crippen LogP contribution is -2.46. The highest BCUT2D eigenvalue weighted by atomic mass is 19.3. The quantitative estimate of drug-likeness (QED) is 0.287. The van der Waals surface area contributed by atoms with Crippen molar-refractivity contribution in [3.05, 3.63) is 41.7 Å². The van der Waals surface area contributed by atoms with E-state index in [1.54, 1.807) is 19.2 Å². The SMILES string of the molecule is CN(Cc1cnc2nc(N)nc(N)c2n1)c1ccc(C(=O)N[C@@H](CC(F)(F)CN)C(=O)O)cc1. The van der Waals surface area contributed by atoms with Crippen LogP contribution in [0.1, 0.15) is 22.5 Å². The molecule has 34 heavy (non-hydrogen) atoms. The van der Waals surface area contributed by atoms with Crippen LogP contribution in [0.25, 0.3) is 11.2 Å². The fourth-order valence-electron chi connectivity index (χ4n) is 3.08. The van der Waals surface area contributed by atoms with Crippen molar-refractivity contribution in [2.75, 3.05) is 30.0 Å². The van der Waals surface area contributed by atoms with E-state index in [0.717, 1.165) is 0 Å². The minimum Gasteiger partial charge on any atom is -0.480 e. The lowest BCUT2D eigenvalue weighted by atomic mass is 10.1. The first kappa shape index (κ1) is 24.4. The third-order valence-corrected chi connectivity index (χ3v) is 4.88. The number of hydrogen-bond donors (Lipinski definition) is 5. The first-order valence-electron chi connectivity index (χ1n) is 9.96. The number of aromatic nitrogens is 4. The Hall–Kier alpha value is -4.20. The van der Waals surface area contributed by atoms with Gasteiger partial charge in [-0.05, 0) is 24.3 Å². The van der Waals surface area contributed by atoms with Gasteiger partial charge in [0.15, 0.2) is 17.0 Å². The van der Waals surface area contributed by atoms with Crippen molar-refractivity contribution in [1.82, 2.24) is 25.3 Å². The van der Waals surface area contributed by atoms with E-state index in [9.17, 15) is 18.4 Å². The molecule has 180 valence electrons. The normalized spacial score (nSPS) is 12.4. The van der Waals surface area contributed by atoms with Gasteiger partial charge in [0.1, 0.15) is 6.04 Å². The minimum atomic E-state index is -3.42. The number of amides is 1. The van der Waals surface area contributed by atoms with Crippen molar-refractivity contribution in [3.8, 4) is 0 Å². The van der Waals surface area contributed by atoms with Crippen molar-refractivity contribution < 1.29 is 23.5 Å². The molecule has 1 amide bonds. The molecule has 0 fully saturated rings. The predicted octanol–water partition coefficient (Wildman–Crippen LogP) is 0.388. The molecule has 0 aliphatic rings. The molecule has 1 atom stereocenters. The average molecular weight is 475 g/mol. The second-order valence-electron chi connectivity index (χ2n) is 7.53. The molecule has 0 spiro atoms. The van der Waals surface area contributed by atoms with Crippen LogP contribution in [0.4, 0.5) is 26.2 Å². The Morgan fingerprint density at radius 1 is 1.18 bits per heavy atom. The Morgan fingerprint density at radius 3 is 2.47 bits per heavy atom. The van der Waals surface area contributed by atoms with Crippen LogP contribution in [0.15, 0.2) is 30.5 Å².